The first-order chi connectivity index (χ1) is 13.5. The van der Waals surface area contributed by atoms with Gasteiger partial charge >= 0.3 is 0 Å². The number of aryl methyl sites for hydroxylation is 1. The van der Waals surface area contributed by atoms with Crippen molar-refractivity contribution in [1.29, 1.82) is 0 Å². The second-order valence-electron chi connectivity index (χ2n) is 6.99. The number of anilines is 1. The van der Waals surface area contributed by atoms with E-state index in [4.69, 9.17) is 5.73 Å². The summed E-state index contributed by atoms with van der Waals surface area (Å²) in [4.78, 5) is 4.69. The Hall–Kier alpha value is -1.65. The van der Waals surface area contributed by atoms with Crippen LogP contribution in [0.5, 0.6) is 0 Å². The van der Waals surface area contributed by atoms with Crippen LogP contribution in [0.1, 0.15) is 37.3 Å². The molecule has 2 aromatic carbocycles. The molecule has 2 aromatic rings. The van der Waals surface area contributed by atoms with Crippen LogP contribution in [-0.2, 0) is 23.0 Å². The van der Waals surface area contributed by atoms with Gasteiger partial charge in [0.05, 0.1) is 11.4 Å². The van der Waals surface area contributed by atoms with Crippen molar-refractivity contribution in [3.05, 3.63) is 59.7 Å². The number of halogens is 1. The molecule has 0 atom stereocenters. The van der Waals surface area contributed by atoms with Gasteiger partial charge in [0.2, 0.25) is 10.0 Å². The lowest BCUT2D eigenvalue weighted by molar-refractivity contribution is 0.346. The predicted octanol–water partition coefficient (Wildman–Crippen LogP) is 3.97. The molecule has 0 aromatic heterocycles. The van der Waals surface area contributed by atoms with Gasteiger partial charge in [-0.05, 0) is 54.7 Å². The van der Waals surface area contributed by atoms with Crippen LogP contribution in [0.4, 0.5) is 5.69 Å². The Morgan fingerprint density at radius 1 is 1.07 bits per heavy atom. The lowest BCUT2D eigenvalue weighted by Crippen LogP contribution is -2.35. The monoisotopic (exact) mass is 528 g/mol. The third-order valence-corrected chi connectivity index (χ3v) is 6.83. The summed E-state index contributed by atoms with van der Waals surface area (Å²) in [6.45, 7) is 3.70. The van der Waals surface area contributed by atoms with Gasteiger partial charge in [0, 0.05) is 18.8 Å². The van der Waals surface area contributed by atoms with Crippen molar-refractivity contribution < 1.29 is 8.42 Å². The van der Waals surface area contributed by atoms with Crippen LogP contribution in [0.2, 0.25) is 0 Å². The van der Waals surface area contributed by atoms with E-state index < -0.39 is 10.0 Å². The van der Waals surface area contributed by atoms with E-state index in [1.54, 1.807) is 28.6 Å². The van der Waals surface area contributed by atoms with Crippen molar-refractivity contribution in [2.75, 3.05) is 18.4 Å². The Kier molecular flexibility index (Phi) is 8.91. The van der Waals surface area contributed by atoms with Crippen LogP contribution in [-0.4, -0.2) is 31.8 Å². The van der Waals surface area contributed by atoms with E-state index in [2.05, 4.69) is 23.3 Å². The molecule has 1 aliphatic rings. The van der Waals surface area contributed by atoms with Crippen molar-refractivity contribution in [2.24, 2.45) is 10.7 Å². The highest BCUT2D eigenvalue weighted by Crippen LogP contribution is 2.21. The van der Waals surface area contributed by atoms with Crippen molar-refractivity contribution in [2.45, 2.75) is 44.0 Å². The van der Waals surface area contributed by atoms with Gasteiger partial charge in [0.1, 0.15) is 0 Å². The number of rotatable bonds is 6. The maximum atomic E-state index is 12.7. The minimum atomic E-state index is -3.40. The number of nitrogens with zero attached hydrogens (tertiary/aromatic N) is 2. The van der Waals surface area contributed by atoms with Gasteiger partial charge in [-0.15, -0.1) is 24.0 Å². The lowest BCUT2D eigenvalue weighted by atomic mass is 10.1. The van der Waals surface area contributed by atoms with Gasteiger partial charge in [-0.1, -0.05) is 37.6 Å². The van der Waals surface area contributed by atoms with Crippen molar-refractivity contribution in [3.8, 4) is 0 Å². The van der Waals surface area contributed by atoms with Crippen LogP contribution >= 0.6 is 24.0 Å². The average molecular weight is 528 g/mol. The molecule has 0 bridgehead atoms. The van der Waals surface area contributed by atoms with E-state index in [0.717, 1.165) is 36.9 Å². The maximum Gasteiger partial charge on any atom is 0.243 e. The molecule has 3 rings (SSSR count). The summed E-state index contributed by atoms with van der Waals surface area (Å²) in [5, 5.41) is 3.09. The van der Waals surface area contributed by atoms with E-state index in [-0.39, 0.29) is 24.0 Å². The largest absolute Gasteiger partial charge is 0.370 e. The SMILES string of the molecule is CCc1cccc(NC(N)=NCc2ccc(S(=O)(=O)N3CCCCC3)cc2)c1.I. The molecule has 1 saturated heterocycles. The number of hydrogen-bond donors (Lipinski definition) is 2. The zero-order chi connectivity index (χ0) is 20.0. The van der Waals surface area contributed by atoms with E-state index in [1.807, 2.05) is 18.2 Å². The summed E-state index contributed by atoms with van der Waals surface area (Å²) in [5.41, 5.74) is 9.02. The van der Waals surface area contributed by atoms with E-state index in [1.165, 1.54) is 5.56 Å². The van der Waals surface area contributed by atoms with Gasteiger partial charge in [0.25, 0.3) is 0 Å². The number of guanidine groups is 1. The van der Waals surface area contributed by atoms with Crippen molar-refractivity contribution >= 4 is 45.6 Å². The van der Waals surface area contributed by atoms with Crippen LogP contribution in [0, 0.1) is 0 Å². The molecule has 1 fully saturated rings. The Balaban J connectivity index is 0.00000300. The lowest BCUT2D eigenvalue weighted by Gasteiger charge is -2.25. The zero-order valence-corrected chi connectivity index (χ0v) is 19.8. The summed E-state index contributed by atoms with van der Waals surface area (Å²) >= 11 is 0. The summed E-state index contributed by atoms with van der Waals surface area (Å²) < 4.78 is 27.0. The van der Waals surface area contributed by atoms with Gasteiger partial charge in [-0.2, -0.15) is 4.31 Å². The molecule has 29 heavy (non-hydrogen) atoms. The Morgan fingerprint density at radius 3 is 2.41 bits per heavy atom. The third kappa shape index (κ3) is 6.42. The molecule has 1 heterocycles. The van der Waals surface area contributed by atoms with Gasteiger partial charge in [-0.25, -0.2) is 13.4 Å². The highest BCUT2D eigenvalue weighted by molar-refractivity contribution is 14.0. The molecule has 158 valence electrons. The number of sulfonamides is 1. The normalized spacial score (nSPS) is 15.6. The minimum Gasteiger partial charge on any atom is -0.370 e. The first kappa shape index (κ1) is 23.6. The van der Waals surface area contributed by atoms with Gasteiger partial charge in [0.15, 0.2) is 5.96 Å². The Morgan fingerprint density at radius 2 is 1.76 bits per heavy atom. The average Bonchev–Trinajstić information content (AvgIpc) is 2.73. The quantitative estimate of drug-likeness (QED) is 0.338. The molecule has 3 N–H and O–H groups in total. The highest BCUT2D eigenvalue weighted by atomic mass is 127. The van der Waals surface area contributed by atoms with E-state index in [0.29, 0.717) is 30.5 Å². The molecule has 0 saturated carbocycles. The fraction of sp³-hybridized carbons (Fsp3) is 0.381. The van der Waals surface area contributed by atoms with Crippen LogP contribution in [0.25, 0.3) is 0 Å². The second-order valence-corrected chi connectivity index (χ2v) is 8.93. The van der Waals surface area contributed by atoms with Crippen LogP contribution in [0.15, 0.2) is 58.4 Å². The van der Waals surface area contributed by atoms with E-state index in [9.17, 15) is 8.42 Å². The molecule has 0 amide bonds. The molecular formula is C21H29IN4O2S. The maximum absolute atomic E-state index is 12.7. The molecule has 6 nitrogen and oxygen atoms in total. The smallest absolute Gasteiger partial charge is 0.243 e. The third-order valence-electron chi connectivity index (χ3n) is 4.92. The number of benzene rings is 2. The minimum absolute atomic E-state index is 0. The number of aliphatic imine (C=N–C) groups is 1. The molecule has 0 aliphatic carbocycles. The predicted molar refractivity (Wildman–Crippen MR) is 129 cm³/mol. The van der Waals surface area contributed by atoms with Crippen LogP contribution < -0.4 is 11.1 Å². The van der Waals surface area contributed by atoms with Crippen LogP contribution in [0.3, 0.4) is 0 Å². The first-order valence-corrected chi connectivity index (χ1v) is 11.2. The Bertz CT molecular complexity index is 924. The molecule has 1 aliphatic heterocycles. The summed E-state index contributed by atoms with van der Waals surface area (Å²) in [6, 6.07) is 14.9. The van der Waals surface area contributed by atoms with E-state index >= 15 is 0 Å². The molecule has 0 unspecified atom stereocenters. The van der Waals surface area contributed by atoms with Crippen molar-refractivity contribution in [1.82, 2.24) is 4.31 Å². The van der Waals surface area contributed by atoms with Gasteiger partial charge in [-0.3, -0.25) is 0 Å². The summed E-state index contributed by atoms with van der Waals surface area (Å²) in [6.07, 6.45) is 3.92. The number of hydrogen-bond acceptors (Lipinski definition) is 3. The summed E-state index contributed by atoms with van der Waals surface area (Å²) in [7, 11) is -3.40. The topological polar surface area (TPSA) is 87.8 Å². The number of nitrogens with two attached hydrogens (primary N) is 1. The fourth-order valence-electron chi connectivity index (χ4n) is 3.25. The molecule has 0 spiro atoms. The first-order valence-electron chi connectivity index (χ1n) is 9.74. The molecular weight excluding hydrogens is 499 g/mol. The number of nitrogens with one attached hydrogen (secondary N) is 1. The number of piperidine rings is 1. The Labute approximate surface area is 190 Å². The second kappa shape index (κ2) is 10.9. The van der Waals surface area contributed by atoms with Crippen molar-refractivity contribution in [3.63, 3.8) is 0 Å². The zero-order valence-electron chi connectivity index (χ0n) is 16.7. The fourth-order valence-corrected chi connectivity index (χ4v) is 4.77. The highest BCUT2D eigenvalue weighted by Gasteiger charge is 2.25. The standard InChI is InChI=1S/C21H28N4O2S.HI/c1-2-17-7-6-8-19(15-17)24-21(22)23-16-18-9-11-20(12-10-18)28(26,27)25-13-4-3-5-14-25;/h6-12,15H,2-5,13-14,16H2,1H3,(H3,22,23,24);1H. The van der Waals surface area contributed by atoms with Gasteiger partial charge < -0.3 is 11.1 Å². The summed E-state index contributed by atoms with van der Waals surface area (Å²) in [5.74, 6) is 0.332. The molecule has 0 radical (unpaired) electrons. The molecule has 8 heteroatoms.